The highest BCUT2D eigenvalue weighted by atomic mass is 16.5. The molecular formula is C28H32O4. The maximum atomic E-state index is 12.2. The molecule has 2 rings (SSSR count). The topological polar surface area (TPSA) is 66.8 Å². The van der Waals surface area contributed by atoms with E-state index >= 15 is 0 Å². The van der Waals surface area contributed by atoms with Gasteiger partial charge in [-0.25, -0.2) is 4.79 Å². The molecule has 0 spiro atoms. The molecule has 0 heterocycles. The molecule has 0 aliphatic carbocycles. The molecule has 0 aliphatic heterocycles. The Morgan fingerprint density at radius 3 is 2.56 bits per heavy atom. The van der Waals surface area contributed by atoms with Crippen molar-refractivity contribution in [1.29, 1.82) is 0 Å². The van der Waals surface area contributed by atoms with E-state index < -0.39 is 5.97 Å². The second-order valence-electron chi connectivity index (χ2n) is 8.24. The van der Waals surface area contributed by atoms with Crippen molar-refractivity contribution in [2.45, 2.75) is 40.2 Å². The van der Waals surface area contributed by atoms with Gasteiger partial charge < -0.3 is 14.9 Å². The molecular weight excluding hydrogens is 400 g/mol. The minimum Gasteiger partial charge on any atom is -0.508 e. The predicted molar refractivity (Wildman–Crippen MR) is 131 cm³/mol. The fraction of sp³-hybridized carbons (Fsp3) is 0.250. The van der Waals surface area contributed by atoms with Crippen LogP contribution in [0.5, 0.6) is 11.5 Å². The third-order valence-corrected chi connectivity index (χ3v) is 5.12. The number of ether oxygens (including phenoxy) is 1. The molecule has 0 radical (unpaired) electrons. The van der Waals surface area contributed by atoms with Crippen LogP contribution in [0, 0.1) is 5.41 Å². The summed E-state index contributed by atoms with van der Waals surface area (Å²) >= 11 is 0. The van der Waals surface area contributed by atoms with Crippen molar-refractivity contribution < 1.29 is 19.7 Å². The molecule has 32 heavy (non-hydrogen) atoms. The zero-order chi connectivity index (χ0) is 23.6. The molecule has 2 aromatic rings. The van der Waals surface area contributed by atoms with E-state index in [0.29, 0.717) is 16.9 Å². The molecule has 1 atom stereocenters. The van der Waals surface area contributed by atoms with Crippen LogP contribution in [0.4, 0.5) is 0 Å². The Morgan fingerprint density at radius 1 is 1.12 bits per heavy atom. The summed E-state index contributed by atoms with van der Waals surface area (Å²) in [4.78, 5) is 12.2. The smallest absolute Gasteiger partial charge is 0.336 e. The summed E-state index contributed by atoms with van der Waals surface area (Å²) in [5.41, 5.74) is 3.19. The molecule has 0 saturated carbocycles. The Kier molecular flexibility index (Phi) is 9.23. The van der Waals surface area contributed by atoms with E-state index in [2.05, 4.69) is 39.5 Å². The molecule has 4 heteroatoms. The molecule has 1 unspecified atom stereocenters. The highest BCUT2D eigenvalue weighted by Crippen LogP contribution is 2.28. The lowest BCUT2D eigenvalue weighted by atomic mass is 9.84. The number of hydrogen-bond donors (Lipinski definition) is 2. The van der Waals surface area contributed by atoms with Crippen molar-refractivity contribution in [3.63, 3.8) is 0 Å². The van der Waals surface area contributed by atoms with Gasteiger partial charge in [0.15, 0.2) is 0 Å². The molecule has 0 aromatic heterocycles. The van der Waals surface area contributed by atoms with Gasteiger partial charge in [0.2, 0.25) is 0 Å². The van der Waals surface area contributed by atoms with Crippen molar-refractivity contribution in [2.75, 3.05) is 0 Å². The summed E-state index contributed by atoms with van der Waals surface area (Å²) < 4.78 is 5.42. The van der Waals surface area contributed by atoms with E-state index in [1.54, 1.807) is 24.3 Å². The largest absolute Gasteiger partial charge is 0.508 e. The second-order valence-corrected chi connectivity index (χ2v) is 8.24. The second kappa shape index (κ2) is 11.9. The van der Waals surface area contributed by atoms with E-state index in [1.165, 1.54) is 17.7 Å². The number of carbonyl (C=O) groups excluding carboxylic acids is 1. The van der Waals surface area contributed by atoms with Crippen molar-refractivity contribution in [2.24, 2.45) is 5.41 Å². The first kappa shape index (κ1) is 24.9. The van der Waals surface area contributed by atoms with Gasteiger partial charge in [-0.2, -0.15) is 0 Å². The van der Waals surface area contributed by atoms with Crippen LogP contribution in [0.15, 0.2) is 78.9 Å². The van der Waals surface area contributed by atoms with Gasteiger partial charge in [-0.05, 0) is 68.2 Å². The molecule has 0 saturated heterocycles. The monoisotopic (exact) mass is 432 g/mol. The molecule has 0 fully saturated rings. The summed E-state index contributed by atoms with van der Waals surface area (Å²) in [5, 5.41) is 18.8. The number of hydrogen-bond acceptors (Lipinski definition) is 4. The van der Waals surface area contributed by atoms with Crippen LogP contribution in [0.3, 0.4) is 0 Å². The summed E-state index contributed by atoms with van der Waals surface area (Å²) in [6, 6.07) is 12.1. The van der Waals surface area contributed by atoms with Crippen LogP contribution in [0.25, 0.3) is 12.2 Å². The average Bonchev–Trinajstić information content (AvgIpc) is 2.77. The molecule has 0 bridgehead atoms. The number of aliphatic hydroxyl groups excluding tert-OH is 1. The minimum atomic E-state index is -0.512. The van der Waals surface area contributed by atoms with Crippen LogP contribution in [0.2, 0.25) is 0 Å². The predicted octanol–water partition coefficient (Wildman–Crippen LogP) is 6.46. The van der Waals surface area contributed by atoms with Gasteiger partial charge in [-0.1, -0.05) is 55.0 Å². The Hall–Kier alpha value is -3.37. The van der Waals surface area contributed by atoms with Gasteiger partial charge >= 0.3 is 5.97 Å². The van der Waals surface area contributed by atoms with Crippen LogP contribution in [0.1, 0.15) is 50.3 Å². The average molecular weight is 433 g/mol. The van der Waals surface area contributed by atoms with E-state index in [4.69, 9.17) is 4.74 Å². The van der Waals surface area contributed by atoms with Gasteiger partial charge in [0.05, 0.1) is 6.61 Å². The Morgan fingerprint density at radius 2 is 1.88 bits per heavy atom. The molecule has 0 aliphatic rings. The number of benzene rings is 2. The van der Waals surface area contributed by atoms with E-state index in [9.17, 15) is 15.0 Å². The Bertz CT molecular complexity index is 1030. The first-order chi connectivity index (χ1) is 15.2. The quantitative estimate of drug-likeness (QED) is 0.196. The zero-order valence-electron chi connectivity index (χ0n) is 19.0. The molecule has 4 nitrogen and oxygen atoms in total. The molecule has 168 valence electrons. The van der Waals surface area contributed by atoms with E-state index in [0.717, 1.165) is 18.4 Å². The Balaban J connectivity index is 2.04. The molecule has 0 amide bonds. The number of carbonyl (C=O) groups is 1. The van der Waals surface area contributed by atoms with Crippen molar-refractivity contribution in [3.8, 4) is 11.5 Å². The number of rotatable bonds is 10. The van der Waals surface area contributed by atoms with E-state index in [-0.39, 0.29) is 17.8 Å². The van der Waals surface area contributed by atoms with Crippen molar-refractivity contribution >= 4 is 18.1 Å². The Labute approximate surface area is 190 Å². The SMILES string of the molecule is C=CC(C)(/C=C/c1cccc(OC(=O)/C=C/c2ccc(O)c(CO)c2)c1)CCC=C(C)C. The number of aliphatic hydroxyl groups is 1. The maximum Gasteiger partial charge on any atom is 0.336 e. The fourth-order valence-electron chi connectivity index (χ4n) is 3.04. The number of allylic oxidation sites excluding steroid dienone is 4. The van der Waals surface area contributed by atoms with Crippen LogP contribution in [-0.4, -0.2) is 16.2 Å². The first-order valence-electron chi connectivity index (χ1n) is 10.6. The van der Waals surface area contributed by atoms with Gasteiger partial charge in [0.1, 0.15) is 11.5 Å². The maximum absolute atomic E-state index is 12.2. The summed E-state index contributed by atoms with van der Waals surface area (Å²) in [7, 11) is 0. The minimum absolute atomic E-state index is 0.0154. The third kappa shape index (κ3) is 8.05. The first-order valence-corrected chi connectivity index (χ1v) is 10.6. The summed E-state index contributed by atoms with van der Waals surface area (Å²) in [5.74, 6) is -0.0441. The summed E-state index contributed by atoms with van der Waals surface area (Å²) in [6.45, 7) is 10.0. The number of esters is 1. The number of phenols is 1. The fourth-order valence-corrected chi connectivity index (χ4v) is 3.04. The summed E-state index contributed by atoms with van der Waals surface area (Å²) in [6.07, 6.45) is 13.2. The highest BCUT2D eigenvalue weighted by Gasteiger charge is 2.15. The number of aromatic hydroxyl groups is 1. The lowest BCUT2D eigenvalue weighted by molar-refractivity contribution is -0.128. The zero-order valence-corrected chi connectivity index (χ0v) is 19.0. The van der Waals surface area contributed by atoms with Gasteiger partial charge in [0.25, 0.3) is 0 Å². The van der Waals surface area contributed by atoms with Crippen LogP contribution in [-0.2, 0) is 11.4 Å². The van der Waals surface area contributed by atoms with Crippen LogP contribution < -0.4 is 4.74 Å². The normalized spacial score (nSPS) is 13.1. The molecule has 2 aromatic carbocycles. The van der Waals surface area contributed by atoms with Crippen LogP contribution >= 0.6 is 0 Å². The van der Waals surface area contributed by atoms with E-state index in [1.807, 2.05) is 30.4 Å². The van der Waals surface area contributed by atoms with Crippen molar-refractivity contribution in [3.05, 3.63) is 95.6 Å². The highest BCUT2D eigenvalue weighted by molar-refractivity contribution is 5.88. The standard InChI is InChI=1S/C28H32O4/c1-5-28(4,16-7-8-21(2)3)17-15-22-9-6-10-25(19-22)32-27(31)14-12-23-11-13-26(30)24(18-23)20-29/h5-6,8-15,17-19,29-30H,1,7,16,20H2,2-4H3/b14-12+,17-15+. The molecule has 2 N–H and O–H groups in total. The lowest BCUT2D eigenvalue weighted by Gasteiger charge is -2.20. The van der Waals surface area contributed by atoms with Gasteiger partial charge in [-0.15, -0.1) is 6.58 Å². The third-order valence-electron chi connectivity index (χ3n) is 5.12. The van der Waals surface area contributed by atoms with Crippen molar-refractivity contribution in [1.82, 2.24) is 0 Å². The lowest BCUT2D eigenvalue weighted by Crippen LogP contribution is -2.08. The van der Waals surface area contributed by atoms with Gasteiger partial charge in [-0.3, -0.25) is 0 Å². The van der Waals surface area contributed by atoms with Gasteiger partial charge in [0, 0.05) is 17.1 Å².